The molecule has 2 atom stereocenters. The Hall–Kier alpha value is -2.74. The first-order valence-corrected chi connectivity index (χ1v) is 9.25. The van der Waals surface area contributed by atoms with Gasteiger partial charge in [0.2, 0.25) is 5.95 Å². The first-order chi connectivity index (χ1) is 13.4. The van der Waals surface area contributed by atoms with Crippen molar-refractivity contribution in [3.8, 4) is 17.2 Å². The zero-order chi connectivity index (χ0) is 20.3. The molecular weight excluding hydrogens is 360 g/mol. The lowest BCUT2D eigenvalue weighted by molar-refractivity contribution is 0.0237. The van der Waals surface area contributed by atoms with Crippen molar-refractivity contribution in [3.63, 3.8) is 0 Å². The number of nitrogens with zero attached hydrogens (tertiary/aromatic N) is 4. The predicted octanol–water partition coefficient (Wildman–Crippen LogP) is 1.89. The summed E-state index contributed by atoms with van der Waals surface area (Å²) in [5.41, 5.74) is 1.01. The van der Waals surface area contributed by atoms with Crippen LogP contribution in [0.5, 0.6) is 17.2 Å². The van der Waals surface area contributed by atoms with Crippen LogP contribution in [0.2, 0.25) is 0 Å². The Balaban J connectivity index is 1.68. The third-order valence-electron chi connectivity index (χ3n) is 4.80. The number of rotatable bonds is 6. The van der Waals surface area contributed by atoms with E-state index in [0.29, 0.717) is 42.7 Å². The van der Waals surface area contributed by atoms with Crippen molar-refractivity contribution in [2.24, 2.45) is 0 Å². The van der Waals surface area contributed by atoms with Crippen molar-refractivity contribution in [3.05, 3.63) is 30.0 Å². The van der Waals surface area contributed by atoms with Crippen LogP contribution in [0.1, 0.15) is 12.0 Å². The number of hydrogen-bond acceptors (Lipinski definition) is 8. The third kappa shape index (κ3) is 4.22. The summed E-state index contributed by atoms with van der Waals surface area (Å²) in [4.78, 5) is 13.0. The largest absolute Gasteiger partial charge is 0.493 e. The Morgan fingerprint density at radius 2 is 1.93 bits per heavy atom. The minimum absolute atomic E-state index is 0.312. The highest BCUT2D eigenvalue weighted by Gasteiger charge is 2.31. The minimum atomic E-state index is -0.658. The Kier molecular flexibility index (Phi) is 6.08. The van der Waals surface area contributed by atoms with Crippen LogP contribution in [0.4, 0.5) is 11.8 Å². The minimum Gasteiger partial charge on any atom is -0.493 e. The number of piperidine rings is 1. The SMILES string of the molecule is COc1ccc(O[C@@H]2CCN(c3ncc(C)c(N(C)C)n3)C[C@H]2O)cc1OC. The number of hydrogen-bond donors (Lipinski definition) is 1. The maximum absolute atomic E-state index is 10.6. The molecule has 8 nitrogen and oxygen atoms in total. The highest BCUT2D eigenvalue weighted by atomic mass is 16.5. The normalized spacial score (nSPS) is 19.3. The molecule has 1 aliphatic heterocycles. The molecule has 0 aliphatic carbocycles. The number of aliphatic hydroxyl groups excluding tert-OH is 1. The van der Waals surface area contributed by atoms with E-state index < -0.39 is 6.10 Å². The van der Waals surface area contributed by atoms with Gasteiger partial charge in [-0.1, -0.05) is 0 Å². The van der Waals surface area contributed by atoms with E-state index >= 15 is 0 Å². The average Bonchev–Trinajstić information content (AvgIpc) is 2.69. The standard InChI is InChI=1S/C20H28N4O4/c1-13-11-21-20(22-19(13)23(2)3)24-9-8-16(15(25)12-24)28-14-6-7-17(26-4)18(10-14)27-5/h6-7,10-11,15-16,25H,8-9,12H2,1-5H3/t15-,16-/m1/s1. The topological polar surface area (TPSA) is 80.2 Å². The van der Waals surface area contributed by atoms with Crippen molar-refractivity contribution in [1.82, 2.24) is 9.97 Å². The molecule has 1 fully saturated rings. The smallest absolute Gasteiger partial charge is 0.227 e. The van der Waals surface area contributed by atoms with Gasteiger partial charge in [-0.3, -0.25) is 0 Å². The van der Waals surface area contributed by atoms with Gasteiger partial charge in [0.05, 0.1) is 20.8 Å². The lowest BCUT2D eigenvalue weighted by Gasteiger charge is -2.36. The number of ether oxygens (including phenoxy) is 3. The maximum Gasteiger partial charge on any atom is 0.227 e. The molecule has 3 rings (SSSR count). The van der Waals surface area contributed by atoms with Crippen LogP contribution in [0.15, 0.2) is 24.4 Å². The molecule has 1 aromatic carbocycles. The van der Waals surface area contributed by atoms with Crippen LogP contribution in [0.25, 0.3) is 0 Å². The van der Waals surface area contributed by atoms with Crippen LogP contribution in [0.3, 0.4) is 0 Å². The van der Waals surface area contributed by atoms with E-state index in [9.17, 15) is 5.11 Å². The fourth-order valence-corrected chi connectivity index (χ4v) is 3.32. The summed E-state index contributed by atoms with van der Waals surface area (Å²) in [6, 6.07) is 5.37. The molecule has 152 valence electrons. The van der Waals surface area contributed by atoms with Gasteiger partial charge in [0.25, 0.3) is 0 Å². The Morgan fingerprint density at radius 3 is 2.57 bits per heavy atom. The van der Waals surface area contributed by atoms with Gasteiger partial charge >= 0.3 is 0 Å². The molecule has 2 aromatic rings. The van der Waals surface area contributed by atoms with Gasteiger partial charge in [0, 0.05) is 44.9 Å². The molecule has 1 aromatic heterocycles. The lowest BCUT2D eigenvalue weighted by atomic mass is 10.0. The number of β-amino-alcohol motifs (C(OH)–C–C–N with tert-alkyl or cyclic N) is 1. The molecule has 0 spiro atoms. The zero-order valence-electron chi connectivity index (χ0n) is 17.0. The molecule has 0 saturated carbocycles. The summed E-state index contributed by atoms with van der Waals surface area (Å²) < 4.78 is 16.6. The summed E-state index contributed by atoms with van der Waals surface area (Å²) in [5.74, 6) is 3.37. The fourth-order valence-electron chi connectivity index (χ4n) is 3.32. The van der Waals surface area contributed by atoms with E-state index in [-0.39, 0.29) is 6.10 Å². The number of aryl methyl sites for hydroxylation is 1. The predicted molar refractivity (Wildman–Crippen MR) is 108 cm³/mol. The second-order valence-electron chi connectivity index (χ2n) is 7.05. The van der Waals surface area contributed by atoms with E-state index in [1.54, 1.807) is 26.4 Å². The van der Waals surface area contributed by atoms with Crippen molar-refractivity contribution in [2.45, 2.75) is 25.6 Å². The average molecular weight is 388 g/mol. The highest BCUT2D eigenvalue weighted by Crippen LogP contribution is 2.32. The van der Waals surface area contributed by atoms with Crippen molar-refractivity contribution < 1.29 is 19.3 Å². The lowest BCUT2D eigenvalue weighted by Crippen LogP contribution is -2.49. The number of methoxy groups -OCH3 is 2. The maximum atomic E-state index is 10.6. The molecule has 2 heterocycles. The second-order valence-corrected chi connectivity index (χ2v) is 7.05. The Bertz CT molecular complexity index is 815. The first kappa shape index (κ1) is 20.0. The third-order valence-corrected chi connectivity index (χ3v) is 4.80. The van der Waals surface area contributed by atoms with Gasteiger partial charge in [-0.2, -0.15) is 4.98 Å². The molecule has 0 unspecified atom stereocenters. The van der Waals surface area contributed by atoms with Gasteiger partial charge in [-0.05, 0) is 19.1 Å². The molecule has 0 radical (unpaired) electrons. The molecule has 28 heavy (non-hydrogen) atoms. The Morgan fingerprint density at radius 1 is 1.18 bits per heavy atom. The number of aliphatic hydroxyl groups is 1. The number of anilines is 2. The van der Waals surface area contributed by atoms with Crippen LogP contribution >= 0.6 is 0 Å². The molecule has 1 saturated heterocycles. The van der Waals surface area contributed by atoms with E-state index in [1.165, 1.54) is 0 Å². The van der Waals surface area contributed by atoms with Crippen LogP contribution in [-0.4, -0.2) is 68.7 Å². The van der Waals surface area contributed by atoms with Gasteiger partial charge in [0.1, 0.15) is 23.8 Å². The highest BCUT2D eigenvalue weighted by molar-refractivity contribution is 5.49. The summed E-state index contributed by atoms with van der Waals surface area (Å²) in [5, 5.41) is 10.6. The zero-order valence-corrected chi connectivity index (χ0v) is 17.0. The van der Waals surface area contributed by atoms with Crippen LogP contribution in [-0.2, 0) is 0 Å². The monoisotopic (exact) mass is 388 g/mol. The molecule has 0 amide bonds. The molecule has 0 bridgehead atoms. The summed E-state index contributed by atoms with van der Waals surface area (Å²) >= 11 is 0. The van der Waals surface area contributed by atoms with E-state index in [4.69, 9.17) is 14.2 Å². The van der Waals surface area contributed by atoms with Gasteiger partial charge in [0.15, 0.2) is 11.5 Å². The van der Waals surface area contributed by atoms with Crippen LogP contribution < -0.4 is 24.0 Å². The van der Waals surface area contributed by atoms with Crippen molar-refractivity contribution >= 4 is 11.8 Å². The number of benzene rings is 1. The molecule has 1 aliphatic rings. The van der Waals surface area contributed by atoms with E-state index in [1.807, 2.05) is 43.1 Å². The second kappa shape index (κ2) is 8.52. The van der Waals surface area contributed by atoms with Gasteiger partial charge < -0.3 is 29.1 Å². The van der Waals surface area contributed by atoms with Crippen LogP contribution in [0, 0.1) is 6.92 Å². The summed E-state index contributed by atoms with van der Waals surface area (Å²) in [6.45, 7) is 3.09. The van der Waals surface area contributed by atoms with Crippen molar-refractivity contribution in [1.29, 1.82) is 0 Å². The number of aromatic nitrogens is 2. The Labute approximate surface area is 165 Å². The summed E-state index contributed by atoms with van der Waals surface area (Å²) in [7, 11) is 7.08. The van der Waals surface area contributed by atoms with E-state index in [0.717, 1.165) is 11.4 Å². The van der Waals surface area contributed by atoms with E-state index in [2.05, 4.69) is 9.97 Å². The quantitative estimate of drug-likeness (QED) is 0.804. The first-order valence-electron chi connectivity index (χ1n) is 9.25. The fraction of sp³-hybridized carbons (Fsp3) is 0.500. The summed E-state index contributed by atoms with van der Waals surface area (Å²) in [6.07, 6.45) is 1.50. The molecule has 1 N–H and O–H groups in total. The van der Waals surface area contributed by atoms with Crippen molar-refractivity contribution in [2.75, 3.05) is 51.2 Å². The van der Waals surface area contributed by atoms with Gasteiger partial charge in [-0.25, -0.2) is 4.98 Å². The van der Waals surface area contributed by atoms with Gasteiger partial charge in [-0.15, -0.1) is 0 Å². The molecular formula is C20H28N4O4. The molecule has 8 heteroatoms.